The van der Waals surface area contributed by atoms with Gasteiger partial charge in [-0.2, -0.15) is 4.98 Å². The molecule has 146 valence electrons. The van der Waals surface area contributed by atoms with Gasteiger partial charge in [0.2, 0.25) is 11.8 Å². The Kier molecular flexibility index (Phi) is 6.26. The first-order valence-corrected chi connectivity index (χ1v) is 9.12. The largest absolute Gasteiger partial charge is 0.444 e. The molecule has 1 aromatic heterocycles. The molecule has 0 bridgehead atoms. The van der Waals surface area contributed by atoms with Crippen LogP contribution in [0.25, 0.3) is 0 Å². The van der Waals surface area contributed by atoms with Gasteiger partial charge in [-0.1, -0.05) is 19.0 Å². The zero-order chi connectivity index (χ0) is 19.5. The van der Waals surface area contributed by atoms with Crippen molar-refractivity contribution in [2.75, 3.05) is 26.7 Å². The summed E-state index contributed by atoms with van der Waals surface area (Å²) in [5.74, 6) is 1.72. The summed E-state index contributed by atoms with van der Waals surface area (Å²) < 4.78 is 10.5. The maximum absolute atomic E-state index is 12.4. The molecule has 0 saturated carbocycles. The quantitative estimate of drug-likeness (QED) is 0.814. The number of carbonyl (C=O) groups excluding carboxylic acids is 2. The first-order valence-electron chi connectivity index (χ1n) is 9.12. The lowest BCUT2D eigenvalue weighted by atomic mass is 9.96. The zero-order valence-electron chi connectivity index (χ0n) is 16.6. The highest BCUT2D eigenvalue weighted by molar-refractivity contribution is 5.82. The van der Waals surface area contributed by atoms with Crippen molar-refractivity contribution in [2.45, 2.75) is 64.9 Å². The van der Waals surface area contributed by atoms with E-state index in [0.29, 0.717) is 19.0 Å². The molecule has 2 heterocycles. The van der Waals surface area contributed by atoms with Gasteiger partial charge in [-0.3, -0.25) is 4.79 Å². The van der Waals surface area contributed by atoms with Crippen LogP contribution in [0.4, 0.5) is 4.79 Å². The minimum atomic E-state index is -0.577. The number of nitrogens with zero attached hydrogens (tertiary/aromatic N) is 4. The van der Waals surface area contributed by atoms with Crippen molar-refractivity contribution in [1.82, 2.24) is 19.9 Å². The van der Waals surface area contributed by atoms with E-state index in [1.807, 2.05) is 13.8 Å². The highest BCUT2D eigenvalue weighted by Gasteiger charge is 2.29. The molecule has 0 atom stereocenters. The van der Waals surface area contributed by atoms with Crippen molar-refractivity contribution in [1.29, 1.82) is 0 Å². The molecular weight excluding hydrogens is 336 g/mol. The van der Waals surface area contributed by atoms with Crippen LogP contribution in [0.1, 0.15) is 71.0 Å². The van der Waals surface area contributed by atoms with E-state index in [-0.39, 0.29) is 24.3 Å². The third-order valence-electron chi connectivity index (χ3n) is 4.24. The Morgan fingerprint density at radius 2 is 1.92 bits per heavy atom. The Hall–Kier alpha value is -2.12. The lowest BCUT2D eigenvalue weighted by Crippen LogP contribution is -2.45. The van der Waals surface area contributed by atoms with E-state index in [0.717, 1.165) is 18.7 Å². The van der Waals surface area contributed by atoms with Crippen molar-refractivity contribution < 1.29 is 18.8 Å². The smallest absolute Gasteiger partial charge is 0.410 e. The summed E-state index contributed by atoms with van der Waals surface area (Å²) in [5, 5.41) is 4.08. The lowest BCUT2D eigenvalue weighted by molar-refractivity contribution is -0.133. The molecule has 1 aliphatic heterocycles. The molecule has 0 radical (unpaired) electrons. The second kappa shape index (κ2) is 8.05. The number of rotatable bonds is 4. The first kappa shape index (κ1) is 20.2. The standard InChI is InChI=1S/C18H30N4O4/c1-12(2)16-19-15(20-26-16)13-7-9-22(10-8-13)14(23)11-21(6)17(24)25-18(3,4)5/h12-13H,7-11H2,1-6H3. The SMILES string of the molecule is CC(C)c1nc(C2CCN(C(=O)CN(C)C(=O)OC(C)(C)C)CC2)no1. The molecule has 0 unspecified atom stereocenters. The minimum Gasteiger partial charge on any atom is -0.444 e. The molecular formula is C18H30N4O4. The molecule has 8 nitrogen and oxygen atoms in total. The van der Waals surface area contributed by atoms with Gasteiger partial charge in [0.15, 0.2) is 5.82 Å². The summed E-state index contributed by atoms with van der Waals surface area (Å²) in [4.78, 5) is 32.0. The Morgan fingerprint density at radius 1 is 1.31 bits per heavy atom. The summed E-state index contributed by atoms with van der Waals surface area (Å²) >= 11 is 0. The predicted octanol–water partition coefficient (Wildman–Crippen LogP) is 2.77. The number of carbonyl (C=O) groups is 2. The van der Waals surface area contributed by atoms with Crippen LogP contribution >= 0.6 is 0 Å². The van der Waals surface area contributed by atoms with E-state index in [1.165, 1.54) is 4.90 Å². The number of likely N-dealkylation sites (tertiary alicyclic amines) is 1. The van der Waals surface area contributed by atoms with Gasteiger partial charge in [-0.25, -0.2) is 4.79 Å². The van der Waals surface area contributed by atoms with E-state index >= 15 is 0 Å². The number of piperidine rings is 1. The van der Waals surface area contributed by atoms with E-state index in [1.54, 1.807) is 32.7 Å². The van der Waals surface area contributed by atoms with Gasteiger partial charge in [0.25, 0.3) is 0 Å². The molecule has 2 amide bonds. The van der Waals surface area contributed by atoms with Gasteiger partial charge in [0, 0.05) is 32.0 Å². The summed E-state index contributed by atoms with van der Waals surface area (Å²) in [6.45, 7) is 10.7. The summed E-state index contributed by atoms with van der Waals surface area (Å²) in [5.41, 5.74) is -0.577. The number of hydrogen-bond acceptors (Lipinski definition) is 6. The van der Waals surface area contributed by atoms with Gasteiger partial charge in [0.1, 0.15) is 12.1 Å². The van der Waals surface area contributed by atoms with Crippen molar-refractivity contribution in [3.63, 3.8) is 0 Å². The maximum Gasteiger partial charge on any atom is 0.410 e. The average molecular weight is 366 g/mol. The number of likely N-dealkylation sites (N-methyl/N-ethyl adjacent to an activating group) is 1. The topological polar surface area (TPSA) is 88.8 Å². The normalized spacial score (nSPS) is 16.0. The van der Waals surface area contributed by atoms with Crippen molar-refractivity contribution in [3.05, 3.63) is 11.7 Å². The number of ether oxygens (including phenoxy) is 1. The highest BCUT2D eigenvalue weighted by Crippen LogP contribution is 2.27. The Labute approximate surface area is 154 Å². The van der Waals surface area contributed by atoms with Gasteiger partial charge in [-0.15, -0.1) is 0 Å². The second-order valence-corrected chi connectivity index (χ2v) is 8.14. The molecule has 1 aromatic rings. The third kappa shape index (κ3) is 5.44. The fourth-order valence-corrected chi connectivity index (χ4v) is 2.74. The molecule has 8 heteroatoms. The van der Waals surface area contributed by atoms with E-state index in [9.17, 15) is 9.59 Å². The summed E-state index contributed by atoms with van der Waals surface area (Å²) in [6.07, 6.45) is 1.09. The van der Waals surface area contributed by atoms with Crippen LogP contribution in [-0.2, 0) is 9.53 Å². The molecule has 1 aliphatic rings. The lowest BCUT2D eigenvalue weighted by Gasteiger charge is -2.32. The Balaban J connectivity index is 1.83. The van der Waals surface area contributed by atoms with Crippen molar-refractivity contribution in [2.24, 2.45) is 0 Å². The van der Waals surface area contributed by atoms with Crippen molar-refractivity contribution in [3.8, 4) is 0 Å². The molecule has 0 spiro atoms. The first-order chi connectivity index (χ1) is 12.1. The van der Waals surface area contributed by atoms with Crippen LogP contribution in [-0.4, -0.2) is 64.2 Å². The Bertz CT molecular complexity index is 627. The second-order valence-electron chi connectivity index (χ2n) is 8.14. The van der Waals surface area contributed by atoms with Crippen LogP contribution in [0, 0.1) is 0 Å². The zero-order valence-corrected chi connectivity index (χ0v) is 16.6. The number of aromatic nitrogens is 2. The molecule has 0 aliphatic carbocycles. The van der Waals surface area contributed by atoms with E-state index in [2.05, 4.69) is 10.1 Å². The molecule has 26 heavy (non-hydrogen) atoms. The van der Waals surface area contributed by atoms with Crippen LogP contribution in [0.5, 0.6) is 0 Å². The summed E-state index contributed by atoms with van der Waals surface area (Å²) in [7, 11) is 1.57. The molecule has 0 N–H and O–H groups in total. The minimum absolute atomic E-state index is 0.0132. The fraction of sp³-hybridized carbons (Fsp3) is 0.778. The monoisotopic (exact) mass is 366 g/mol. The molecule has 2 rings (SSSR count). The van der Waals surface area contributed by atoms with Crippen LogP contribution in [0.3, 0.4) is 0 Å². The Morgan fingerprint density at radius 3 is 2.42 bits per heavy atom. The van der Waals surface area contributed by atoms with Gasteiger partial charge < -0.3 is 19.1 Å². The third-order valence-corrected chi connectivity index (χ3v) is 4.24. The van der Waals surface area contributed by atoms with Crippen molar-refractivity contribution >= 4 is 12.0 Å². The molecule has 0 aromatic carbocycles. The fourth-order valence-electron chi connectivity index (χ4n) is 2.74. The highest BCUT2D eigenvalue weighted by atomic mass is 16.6. The number of hydrogen-bond donors (Lipinski definition) is 0. The van der Waals surface area contributed by atoms with Gasteiger partial charge >= 0.3 is 6.09 Å². The average Bonchev–Trinajstić information content (AvgIpc) is 3.03. The maximum atomic E-state index is 12.4. The van der Waals surface area contributed by atoms with Crippen LogP contribution in [0.15, 0.2) is 4.52 Å². The molecule has 1 saturated heterocycles. The van der Waals surface area contributed by atoms with Gasteiger partial charge in [0.05, 0.1) is 0 Å². The number of amides is 2. The summed E-state index contributed by atoms with van der Waals surface area (Å²) in [6, 6.07) is 0. The molecule has 1 fully saturated rings. The van der Waals surface area contributed by atoms with Crippen LogP contribution in [0.2, 0.25) is 0 Å². The van der Waals surface area contributed by atoms with Crippen LogP contribution < -0.4 is 0 Å². The predicted molar refractivity (Wildman–Crippen MR) is 95.8 cm³/mol. The van der Waals surface area contributed by atoms with E-state index < -0.39 is 11.7 Å². The van der Waals surface area contributed by atoms with Gasteiger partial charge in [-0.05, 0) is 33.6 Å². The van der Waals surface area contributed by atoms with E-state index in [4.69, 9.17) is 9.26 Å².